The van der Waals surface area contributed by atoms with Gasteiger partial charge in [-0.15, -0.1) is 11.3 Å². The number of hydrogen-bond acceptors (Lipinski definition) is 4. The number of carbonyl (C=O) groups excluding carboxylic acids is 2. The number of thioether (sulfide) groups is 1. The van der Waals surface area contributed by atoms with Crippen molar-refractivity contribution < 1.29 is 9.59 Å². The maximum absolute atomic E-state index is 11.8. The normalized spacial score (nSPS) is 10.3. The van der Waals surface area contributed by atoms with E-state index in [0.717, 1.165) is 11.5 Å². The van der Waals surface area contributed by atoms with E-state index < -0.39 is 0 Å². The van der Waals surface area contributed by atoms with Gasteiger partial charge in [-0.25, -0.2) is 0 Å². The van der Waals surface area contributed by atoms with Crippen LogP contribution in [0.2, 0.25) is 5.02 Å². The third-order valence-corrected chi connectivity index (χ3v) is 5.23. The molecule has 0 saturated heterocycles. The van der Waals surface area contributed by atoms with E-state index in [1.165, 1.54) is 4.88 Å². The zero-order chi connectivity index (χ0) is 16.5. The summed E-state index contributed by atoms with van der Waals surface area (Å²) in [4.78, 5) is 24.8. The molecule has 0 unspecified atom stereocenters. The molecule has 0 fully saturated rings. The minimum atomic E-state index is -0.288. The summed E-state index contributed by atoms with van der Waals surface area (Å²) < 4.78 is 0. The Kier molecular flexibility index (Phi) is 7.45. The molecule has 4 nitrogen and oxygen atoms in total. The highest BCUT2D eigenvalue weighted by Gasteiger charge is 2.07. The van der Waals surface area contributed by atoms with Crippen molar-refractivity contribution in [3.63, 3.8) is 0 Å². The van der Waals surface area contributed by atoms with Crippen LogP contribution in [-0.4, -0.2) is 30.7 Å². The number of thiophene rings is 1. The summed E-state index contributed by atoms with van der Waals surface area (Å²) in [6.45, 7) is 0.558. The first-order chi connectivity index (χ1) is 11.1. The lowest BCUT2D eigenvalue weighted by Crippen LogP contribution is -2.37. The van der Waals surface area contributed by atoms with Crippen molar-refractivity contribution in [2.75, 3.05) is 18.8 Å². The quantitative estimate of drug-likeness (QED) is 0.703. The average Bonchev–Trinajstić information content (AvgIpc) is 3.06. The molecule has 2 amide bonds. The number of hydrogen-bond donors (Lipinski definition) is 2. The van der Waals surface area contributed by atoms with Crippen LogP contribution in [0.3, 0.4) is 0 Å². The lowest BCUT2D eigenvalue weighted by molar-refractivity contribution is -0.120. The molecule has 0 radical (unpaired) electrons. The summed E-state index contributed by atoms with van der Waals surface area (Å²) in [5, 5.41) is 7.99. The van der Waals surface area contributed by atoms with E-state index in [4.69, 9.17) is 11.6 Å². The Bertz CT molecular complexity index is 630. The van der Waals surface area contributed by atoms with E-state index in [-0.39, 0.29) is 18.4 Å². The van der Waals surface area contributed by atoms with E-state index in [1.54, 1.807) is 47.4 Å². The van der Waals surface area contributed by atoms with Crippen LogP contribution in [0.15, 0.2) is 41.8 Å². The Hall–Kier alpha value is -1.50. The Labute approximate surface area is 148 Å². The first kappa shape index (κ1) is 17.8. The molecule has 0 atom stereocenters. The summed E-state index contributed by atoms with van der Waals surface area (Å²) >= 11 is 9.27. The summed E-state index contributed by atoms with van der Waals surface area (Å²) in [6.07, 6.45) is 0. The minimum absolute atomic E-state index is 0.0307. The molecule has 2 N–H and O–H groups in total. The largest absolute Gasteiger partial charge is 0.354 e. The van der Waals surface area contributed by atoms with Crippen molar-refractivity contribution in [3.05, 3.63) is 57.2 Å². The van der Waals surface area contributed by atoms with Gasteiger partial charge in [0.1, 0.15) is 0 Å². The predicted octanol–water partition coefficient (Wildman–Crippen LogP) is 3.18. The standard InChI is InChI=1S/C16H17ClN2O2S2/c17-13-5-3-12(4-6-13)16(21)19-10-15(20)18-7-9-22-11-14-2-1-8-23-14/h1-6,8H,7,9-11H2,(H,18,20)(H,19,21). The maximum atomic E-state index is 11.8. The van der Waals surface area contributed by atoms with Gasteiger partial charge < -0.3 is 10.6 Å². The van der Waals surface area contributed by atoms with Crippen LogP contribution in [-0.2, 0) is 10.5 Å². The van der Waals surface area contributed by atoms with Gasteiger partial charge in [0.2, 0.25) is 5.91 Å². The number of nitrogens with one attached hydrogen (secondary N) is 2. The molecular formula is C16H17ClN2O2S2. The van der Waals surface area contributed by atoms with Crippen LogP contribution in [0.4, 0.5) is 0 Å². The fourth-order valence-corrected chi connectivity index (χ4v) is 3.58. The van der Waals surface area contributed by atoms with Crippen LogP contribution in [0, 0.1) is 0 Å². The van der Waals surface area contributed by atoms with Gasteiger partial charge >= 0.3 is 0 Å². The number of carbonyl (C=O) groups is 2. The second-order valence-electron chi connectivity index (χ2n) is 4.67. The van der Waals surface area contributed by atoms with Gasteiger partial charge in [-0.3, -0.25) is 9.59 Å². The zero-order valence-corrected chi connectivity index (χ0v) is 14.8. The molecule has 0 aliphatic heterocycles. The topological polar surface area (TPSA) is 58.2 Å². The molecular weight excluding hydrogens is 352 g/mol. The molecule has 1 heterocycles. The highest BCUT2D eigenvalue weighted by Crippen LogP contribution is 2.16. The Morgan fingerprint density at radius 2 is 1.91 bits per heavy atom. The van der Waals surface area contributed by atoms with Crippen molar-refractivity contribution in [1.29, 1.82) is 0 Å². The second kappa shape index (κ2) is 9.60. The average molecular weight is 369 g/mol. The molecule has 0 aliphatic carbocycles. The van der Waals surface area contributed by atoms with E-state index in [9.17, 15) is 9.59 Å². The summed E-state index contributed by atoms with van der Waals surface area (Å²) in [5.41, 5.74) is 0.480. The molecule has 1 aromatic carbocycles. The lowest BCUT2D eigenvalue weighted by atomic mass is 10.2. The molecule has 0 spiro atoms. The van der Waals surface area contributed by atoms with Crippen molar-refractivity contribution in [3.8, 4) is 0 Å². The number of halogens is 1. The smallest absolute Gasteiger partial charge is 0.251 e. The summed E-state index contributed by atoms with van der Waals surface area (Å²) in [7, 11) is 0. The van der Waals surface area contributed by atoms with Crippen LogP contribution in [0.1, 0.15) is 15.2 Å². The van der Waals surface area contributed by atoms with Gasteiger partial charge in [0.05, 0.1) is 6.54 Å². The fourth-order valence-electron chi connectivity index (χ4n) is 1.76. The highest BCUT2D eigenvalue weighted by atomic mass is 35.5. The molecule has 0 saturated carbocycles. The molecule has 122 valence electrons. The molecule has 0 aliphatic rings. The van der Waals surface area contributed by atoms with Gasteiger partial charge in [0.25, 0.3) is 5.91 Å². The SMILES string of the molecule is O=C(CNC(=O)c1ccc(Cl)cc1)NCCSCc1cccs1. The number of rotatable bonds is 8. The Morgan fingerprint density at radius 1 is 1.13 bits per heavy atom. The van der Waals surface area contributed by atoms with Gasteiger partial charge in [-0.1, -0.05) is 17.7 Å². The molecule has 2 aromatic rings. The van der Waals surface area contributed by atoms with Crippen LogP contribution < -0.4 is 10.6 Å². The van der Waals surface area contributed by atoms with E-state index in [2.05, 4.69) is 22.1 Å². The van der Waals surface area contributed by atoms with E-state index in [0.29, 0.717) is 17.1 Å². The van der Waals surface area contributed by atoms with Crippen molar-refractivity contribution in [2.24, 2.45) is 0 Å². The van der Waals surface area contributed by atoms with Crippen LogP contribution in [0.25, 0.3) is 0 Å². The van der Waals surface area contributed by atoms with E-state index >= 15 is 0 Å². The highest BCUT2D eigenvalue weighted by molar-refractivity contribution is 7.98. The molecule has 1 aromatic heterocycles. The van der Waals surface area contributed by atoms with Crippen LogP contribution >= 0.6 is 34.7 Å². The molecule has 2 rings (SSSR count). The van der Waals surface area contributed by atoms with E-state index in [1.807, 2.05) is 6.07 Å². The van der Waals surface area contributed by atoms with Gasteiger partial charge in [-0.2, -0.15) is 11.8 Å². The first-order valence-electron chi connectivity index (χ1n) is 7.06. The summed E-state index contributed by atoms with van der Waals surface area (Å²) in [6, 6.07) is 10.7. The van der Waals surface area contributed by atoms with Crippen LogP contribution in [0.5, 0.6) is 0 Å². The predicted molar refractivity (Wildman–Crippen MR) is 97.3 cm³/mol. The van der Waals surface area contributed by atoms with Crippen molar-refractivity contribution in [1.82, 2.24) is 10.6 Å². The minimum Gasteiger partial charge on any atom is -0.354 e. The first-order valence-corrected chi connectivity index (χ1v) is 9.47. The van der Waals surface area contributed by atoms with Gasteiger partial charge in [0, 0.05) is 33.5 Å². The summed E-state index contributed by atoms with van der Waals surface area (Å²) in [5.74, 6) is 1.32. The Balaban J connectivity index is 1.57. The molecule has 0 bridgehead atoms. The van der Waals surface area contributed by atoms with Crippen molar-refractivity contribution >= 4 is 46.5 Å². The van der Waals surface area contributed by atoms with Crippen molar-refractivity contribution in [2.45, 2.75) is 5.75 Å². The monoisotopic (exact) mass is 368 g/mol. The second-order valence-corrected chi connectivity index (χ2v) is 7.25. The zero-order valence-electron chi connectivity index (χ0n) is 12.4. The number of amides is 2. The van der Waals surface area contributed by atoms with Gasteiger partial charge in [-0.05, 0) is 35.7 Å². The Morgan fingerprint density at radius 3 is 2.61 bits per heavy atom. The fraction of sp³-hybridized carbons (Fsp3) is 0.250. The lowest BCUT2D eigenvalue weighted by Gasteiger charge is -2.07. The third kappa shape index (κ3) is 6.64. The molecule has 23 heavy (non-hydrogen) atoms. The van der Waals surface area contributed by atoms with Gasteiger partial charge in [0.15, 0.2) is 0 Å². The third-order valence-electron chi connectivity index (χ3n) is 2.91. The molecule has 7 heteroatoms. The maximum Gasteiger partial charge on any atom is 0.251 e. The number of benzene rings is 1.